The molecule has 0 radical (unpaired) electrons. The molecule has 1 aliphatic rings. The first kappa shape index (κ1) is 15.8. The zero-order chi connectivity index (χ0) is 15.7. The number of nitrogens with one attached hydrogen (secondary N) is 1. The molecule has 2 rings (SSSR count). The number of aromatic nitrogens is 2. The largest absolute Gasteiger partial charge is 0.343 e. The van der Waals surface area contributed by atoms with E-state index in [1.807, 2.05) is 20.8 Å². The Balaban J connectivity index is 2.35. The van der Waals surface area contributed by atoms with Gasteiger partial charge in [0.1, 0.15) is 12.1 Å². The summed E-state index contributed by atoms with van der Waals surface area (Å²) in [6.07, 6.45) is 0.571. The molecular formula is C14H21ClN4O2. The first-order valence-corrected chi connectivity index (χ1v) is 7.61. The van der Waals surface area contributed by atoms with Crippen LogP contribution in [0.1, 0.15) is 38.6 Å². The van der Waals surface area contributed by atoms with Gasteiger partial charge in [0.15, 0.2) is 0 Å². The highest BCUT2D eigenvalue weighted by molar-refractivity contribution is 6.31. The van der Waals surface area contributed by atoms with Gasteiger partial charge < -0.3 is 10.2 Å². The molecule has 0 aromatic carbocycles. The van der Waals surface area contributed by atoms with Gasteiger partial charge in [-0.15, -0.1) is 0 Å². The topological polar surface area (TPSA) is 67.2 Å². The fraction of sp³-hybridized carbons (Fsp3) is 0.643. The van der Waals surface area contributed by atoms with E-state index in [9.17, 15) is 9.59 Å². The zero-order valence-electron chi connectivity index (χ0n) is 12.8. The van der Waals surface area contributed by atoms with E-state index in [-0.39, 0.29) is 11.8 Å². The van der Waals surface area contributed by atoms with Crippen molar-refractivity contribution in [1.29, 1.82) is 0 Å². The van der Waals surface area contributed by atoms with Crippen molar-refractivity contribution in [1.82, 2.24) is 20.0 Å². The number of carbonyl (C=O) groups is 2. The average molecular weight is 313 g/mol. The van der Waals surface area contributed by atoms with Crippen LogP contribution in [0.15, 0.2) is 0 Å². The highest BCUT2D eigenvalue weighted by atomic mass is 35.5. The minimum Gasteiger partial charge on any atom is -0.343 e. The van der Waals surface area contributed by atoms with E-state index in [2.05, 4.69) is 10.4 Å². The summed E-state index contributed by atoms with van der Waals surface area (Å²) in [5.41, 5.74) is 1.52. The van der Waals surface area contributed by atoms with E-state index < -0.39 is 12.1 Å². The molecule has 0 bridgehead atoms. The van der Waals surface area contributed by atoms with E-state index in [4.69, 9.17) is 11.6 Å². The Morgan fingerprint density at radius 2 is 2.00 bits per heavy atom. The second kappa shape index (κ2) is 6.05. The predicted molar refractivity (Wildman–Crippen MR) is 79.9 cm³/mol. The van der Waals surface area contributed by atoms with Crippen LogP contribution in [0.5, 0.6) is 0 Å². The average Bonchev–Trinajstić information content (AvgIpc) is 2.72. The molecule has 1 saturated heterocycles. The lowest BCUT2D eigenvalue weighted by Crippen LogP contribution is -2.61. The van der Waals surface area contributed by atoms with Gasteiger partial charge in [0.05, 0.1) is 23.0 Å². The molecule has 7 heteroatoms. The van der Waals surface area contributed by atoms with Crippen LogP contribution in [0.4, 0.5) is 0 Å². The van der Waals surface area contributed by atoms with Crippen LogP contribution >= 0.6 is 11.6 Å². The van der Waals surface area contributed by atoms with Crippen LogP contribution < -0.4 is 5.32 Å². The number of aryl methyl sites for hydroxylation is 2. The van der Waals surface area contributed by atoms with Crippen molar-refractivity contribution in [2.45, 2.75) is 59.3 Å². The number of hydrogen-bond acceptors (Lipinski definition) is 3. The first-order chi connectivity index (χ1) is 9.90. The lowest BCUT2D eigenvalue weighted by Gasteiger charge is -2.37. The molecule has 1 N–H and O–H groups in total. The van der Waals surface area contributed by atoms with Crippen molar-refractivity contribution in [3.63, 3.8) is 0 Å². The second-order valence-electron chi connectivity index (χ2n) is 5.28. The van der Waals surface area contributed by atoms with Gasteiger partial charge in [-0.05, 0) is 27.2 Å². The number of hydrogen-bond donors (Lipinski definition) is 1. The van der Waals surface area contributed by atoms with Gasteiger partial charge in [-0.2, -0.15) is 5.10 Å². The second-order valence-corrected chi connectivity index (χ2v) is 5.66. The molecule has 6 nitrogen and oxygen atoms in total. The molecule has 116 valence electrons. The molecule has 2 heterocycles. The molecular weight excluding hydrogens is 292 g/mol. The number of amides is 2. The quantitative estimate of drug-likeness (QED) is 0.916. The molecule has 2 unspecified atom stereocenters. The monoisotopic (exact) mass is 312 g/mol. The maximum Gasteiger partial charge on any atom is 0.245 e. The minimum atomic E-state index is -0.502. The molecule has 21 heavy (non-hydrogen) atoms. The zero-order valence-corrected chi connectivity index (χ0v) is 13.6. The van der Waals surface area contributed by atoms with Crippen molar-refractivity contribution in [2.24, 2.45) is 0 Å². The van der Waals surface area contributed by atoms with Gasteiger partial charge in [-0.1, -0.05) is 18.5 Å². The van der Waals surface area contributed by atoms with Crippen LogP contribution in [-0.4, -0.2) is 38.6 Å². The Hall–Kier alpha value is -1.56. The standard InChI is InChI=1S/C14H21ClN4O2/c1-5-10-13(20)16-9(4)14(21)18(10)7-11-12(15)8(3)17-19(11)6-2/h9-10H,5-7H2,1-4H3,(H,16,20). The van der Waals surface area contributed by atoms with Gasteiger partial charge in [0.25, 0.3) is 0 Å². The number of rotatable bonds is 4. The van der Waals surface area contributed by atoms with Gasteiger partial charge in [0, 0.05) is 6.54 Å². The van der Waals surface area contributed by atoms with Crippen LogP contribution in [0, 0.1) is 6.92 Å². The third-order valence-corrected chi connectivity index (χ3v) is 4.34. The van der Waals surface area contributed by atoms with Crippen molar-refractivity contribution < 1.29 is 9.59 Å². The summed E-state index contributed by atoms with van der Waals surface area (Å²) in [5.74, 6) is -0.195. The summed E-state index contributed by atoms with van der Waals surface area (Å²) in [6.45, 7) is 8.37. The fourth-order valence-corrected chi connectivity index (χ4v) is 2.89. The Kier molecular flexibility index (Phi) is 4.56. The van der Waals surface area contributed by atoms with Crippen molar-refractivity contribution >= 4 is 23.4 Å². The van der Waals surface area contributed by atoms with E-state index in [1.54, 1.807) is 16.5 Å². The van der Waals surface area contributed by atoms with Gasteiger partial charge >= 0.3 is 0 Å². The van der Waals surface area contributed by atoms with Gasteiger partial charge in [0.2, 0.25) is 11.8 Å². The fourth-order valence-electron chi connectivity index (χ4n) is 2.69. The summed E-state index contributed by atoms with van der Waals surface area (Å²) in [7, 11) is 0. The third-order valence-electron chi connectivity index (χ3n) is 3.85. The summed E-state index contributed by atoms with van der Waals surface area (Å²) in [6, 6.07) is -0.955. The van der Waals surface area contributed by atoms with Gasteiger partial charge in [-0.25, -0.2) is 0 Å². The normalized spacial score (nSPS) is 22.6. The predicted octanol–water partition coefficient (Wildman–Crippen LogP) is 1.49. The van der Waals surface area contributed by atoms with E-state index >= 15 is 0 Å². The van der Waals surface area contributed by atoms with Crippen molar-refractivity contribution in [3.05, 3.63) is 16.4 Å². The maximum atomic E-state index is 12.4. The minimum absolute atomic E-state index is 0.0842. The Morgan fingerprint density at radius 1 is 1.33 bits per heavy atom. The van der Waals surface area contributed by atoms with Crippen LogP contribution in [0.2, 0.25) is 5.02 Å². The molecule has 1 fully saturated rings. The van der Waals surface area contributed by atoms with E-state index in [0.717, 1.165) is 11.4 Å². The Morgan fingerprint density at radius 3 is 2.57 bits per heavy atom. The summed E-state index contributed by atoms with van der Waals surface area (Å²) >= 11 is 6.30. The van der Waals surface area contributed by atoms with Gasteiger partial charge in [-0.3, -0.25) is 14.3 Å². The SMILES string of the molecule is CCC1C(=O)NC(C)C(=O)N1Cc1c(Cl)c(C)nn1CC. The highest BCUT2D eigenvalue weighted by Gasteiger charge is 2.38. The molecule has 2 amide bonds. The molecule has 1 aromatic heterocycles. The Bertz CT molecular complexity index is 570. The third kappa shape index (κ3) is 2.77. The summed E-state index contributed by atoms with van der Waals surface area (Å²) < 4.78 is 1.79. The first-order valence-electron chi connectivity index (χ1n) is 7.23. The molecule has 0 aliphatic carbocycles. The molecule has 1 aromatic rings. The lowest BCUT2D eigenvalue weighted by molar-refractivity contribution is -0.149. The number of nitrogens with zero attached hydrogens (tertiary/aromatic N) is 3. The number of halogens is 1. The van der Waals surface area contributed by atoms with E-state index in [0.29, 0.717) is 24.5 Å². The highest BCUT2D eigenvalue weighted by Crippen LogP contribution is 2.24. The van der Waals surface area contributed by atoms with Crippen molar-refractivity contribution in [3.8, 4) is 0 Å². The van der Waals surface area contributed by atoms with Crippen LogP contribution in [0.25, 0.3) is 0 Å². The molecule has 2 atom stereocenters. The smallest absolute Gasteiger partial charge is 0.245 e. The van der Waals surface area contributed by atoms with Crippen molar-refractivity contribution in [2.75, 3.05) is 0 Å². The molecule has 0 spiro atoms. The van der Waals surface area contributed by atoms with Crippen LogP contribution in [0.3, 0.4) is 0 Å². The summed E-state index contributed by atoms with van der Waals surface area (Å²) in [5, 5.41) is 7.63. The van der Waals surface area contributed by atoms with E-state index in [1.165, 1.54) is 0 Å². The molecule has 0 saturated carbocycles. The Labute approximate surface area is 129 Å². The number of piperazine rings is 1. The lowest BCUT2D eigenvalue weighted by atomic mass is 10.1. The summed E-state index contributed by atoms with van der Waals surface area (Å²) in [4.78, 5) is 26.1. The van der Waals surface area contributed by atoms with Crippen LogP contribution in [-0.2, 0) is 22.7 Å². The molecule has 1 aliphatic heterocycles. The number of carbonyl (C=O) groups excluding carboxylic acids is 2. The maximum absolute atomic E-state index is 12.4.